The van der Waals surface area contributed by atoms with Gasteiger partial charge in [0, 0.05) is 49.4 Å². The number of nitrogens with one attached hydrogen (secondary N) is 3. The summed E-state index contributed by atoms with van der Waals surface area (Å²) in [5, 5.41) is 2.76. The first kappa shape index (κ1) is 31.7. The number of alkyl halides is 2. The van der Waals surface area contributed by atoms with Crippen molar-refractivity contribution < 1.29 is 18.3 Å². The van der Waals surface area contributed by atoms with Crippen molar-refractivity contribution in [1.82, 2.24) is 35.9 Å². The Hall–Kier alpha value is -3.26. The highest BCUT2D eigenvalue weighted by Crippen LogP contribution is 2.35. The minimum absolute atomic E-state index is 0.157. The van der Waals surface area contributed by atoms with Crippen LogP contribution in [0.1, 0.15) is 54.9 Å². The monoisotopic (exact) mass is 597 g/mol. The topological polar surface area (TPSA) is 94.7 Å². The molecule has 2 atom stereocenters. The molecule has 12 heteroatoms. The minimum Gasteiger partial charge on any atom is -0.494 e. The third-order valence-electron chi connectivity index (χ3n) is 6.76. The van der Waals surface area contributed by atoms with Crippen molar-refractivity contribution in [2.75, 3.05) is 46.9 Å². The highest BCUT2D eigenvalue weighted by molar-refractivity contribution is 8.00. The van der Waals surface area contributed by atoms with Crippen LogP contribution in [0.2, 0.25) is 0 Å². The molecule has 1 amide bonds. The van der Waals surface area contributed by atoms with E-state index in [2.05, 4.69) is 66.7 Å². The zero-order valence-corrected chi connectivity index (χ0v) is 25.2. The zero-order chi connectivity index (χ0) is 30.1. The van der Waals surface area contributed by atoms with Crippen molar-refractivity contribution in [3.63, 3.8) is 0 Å². The summed E-state index contributed by atoms with van der Waals surface area (Å²) in [6, 6.07) is 2.88. The molecular weight excluding hydrogens is 560 g/mol. The molecule has 2 aromatic heterocycles. The number of nitrogens with zero attached hydrogens (tertiary/aromatic N) is 4. The molecule has 2 saturated heterocycles. The van der Waals surface area contributed by atoms with Crippen LogP contribution in [0.4, 0.5) is 8.78 Å². The Labute approximate surface area is 250 Å². The number of methoxy groups -OCH3 is 1. The molecule has 2 aromatic rings. The number of carbonyl (C=O) groups excluding carboxylic acids is 1. The highest BCUT2D eigenvalue weighted by atomic mass is 32.2. The third-order valence-corrected chi connectivity index (χ3v) is 7.78. The summed E-state index contributed by atoms with van der Waals surface area (Å²) in [4.78, 5) is 26.2. The van der Waals surface area contributed by atoms with Gasteiger partial charge in [0.25, 0.3) is 12.3 Å². The number of piperazine rings is 1. The number of pyridine rings is 2. The molecule has 2 aliphatic heterocycles. The van der Waals surface area contributed by atoms with Crippen LogP contribution in [0.25, 0.3) is 11.1 Å². The Morgan fingerprint density at radius 3 is 2.57 bits per heavy atom. The number of carbonyl (C=O) groups is 1. The van der Waals surface area contributed by atoms with Gasteiger partial charge >= 0.3 is 0 Å². The first-order valence-electron chi connectivity index (χ1n) is 14.1. The lowest BCUT2D eigenvalue weighted by Crippen LogP contribution is -2.44. The molecule has 42 heavy (non-hydrogen) atoms. The molecule has 5 rings (SSSR count). The fourth-order valence-corrected chi connectivity index (χ4v) is 5.10. The molecule has 9 nitrogen and oxygen atoms in total. The van der Waals surface area contributed by atoms with Crippen molar-refractivity contribution in [1.29, 1.82) is 0 Å². The molecular formula is C30H37F2N7O2S. The molecule has 4 heterocycles. The Morgan fingerprint density at radius 2 is 1.88 bits per heavy atom. The molecule has 1 aliphatic carbocycles. The molecule has 3 fully saturated rings. The van der Waals surface area contributed by atoms with Crippen LogP contribution in [-0.4, -0.2) is 83.4 Å². The van der Waals surface area contributed by atoms with E-state index >= 15 is 0 Å². The maximum atomic E-state index is 13.6. The Bertz CT molecular complexity index is 1360. The Balaban J connectivity index is 0.00000198. The van der Waals surface area contributed by atoms with Gasteiger partial charge in [0.1, 0.15) is 28.0 Å². The number of hydrogen-bond donors (Lipinski definition) is 3. The average molecular weight is 598 g/mol. The van der Waals surface area contributed by atoms with Crippen LogP contribution >= 0.6 is 11.8 Å². The maximum absolute atomic E-state index is 13.6. The lowest BCUT2D eigenvalue weighted by Gasteiger charge is -2.30. The Kier molecular flexibility index (Phi) is 11.5. The van der Waals surface area contributed by atoms with Gasteiger partial charge in [0.2, 0.25) is 0 Å². The van der Waals surface area contributed by atoms with Gasteiger partial charge in [0.15, 0.2) is 0 Å². The number of likely N-dealkylation sites (N-methyl/N-ethyl adjacent to an activating group) is 1. The van der Waals surface area contributed by atoms with E-state index in [1.54, 1.807) is 6.07 Å². The molecule has 0 spiro atoms. The molecule has 1 saturated carbocycles. The minimum atomic E-state index is -2.79. The van der Waals surface area contributed by atoms with E-state index in [1.165, 1.54) is 37.3 Å². The van der Waals surface area contributed by atoms with Crippen LogP contribution in [0, 0.1) is 29.6 Å². The molecule has 3 aliphatic rings. The fraction of sp³-hybridized carbons (Fsp3) is 0.500. The van der Waals surface area contributed by atoms with Crippen molar-refractivity contribution in [2.45, 2.75) is 44.0 Å². The van der Waals surface area contributed by atoms with Gasteiger partial charge in [-0.2, -0.15) is 0 Å². The zero-order valence-electron chi connectivity index (χ0n) is 24.3. The van der Waals surface area contributed by atoms with Crippen molar-refractivity contribution in [3.05, 3.63) is 41.5 Å². The van der Waals surface area contributed by atoms with Crippen molar-refractivity contribution in [3.8, 4) is 40.6 Å². The largest absolute Gasteiger partial charge is 0.494 e. The molecule has 0 radical (unpaired) electrons. The second kappa shape index (κ2) is 15.3. The third kappa shape index (κ3) is 8.63. The number of amides is 1. The highest BCUT2D eigenvalue weighted by Gasteiger charge is 2.27. The molecule has 0 aromatic carbocycles. The summed E-state index contributed by atoms with van der Waals surface area (Å²) in [6.45, 7) is 8.42. The van der Waals surface area contributed by atoms with E-state index in [9.17, 15) is 13.6 Å². The fourth-order valence-electron chi connectivity index (χ4n) is 4.24. The summed E-state index contributed by atoms with van der Waals surface area (Å²) in [5.41, 5.74) is 6.52. The SMILES string of the molecule is CC.COc1cnc(C(F)F)cc1-c1cc(C#CCN2CCN(C)CC2)ncc1C(=O)NC1NNC(C#CC2CC2)S1. The van der Waals surface area contributed by atoms with E-state index in [-0.39, 0.29) is 16.7 Å². The molecule has 3 N–H and O–H groups in total. The summed E-state index contributed by atoms with van der Waals surface area (Å²) < 4.78 is 32.6. The average Bonchev–Trinajstić information content (AvgIpc) is 3.74. The van der Waals surface area contributed by atoms with Gasteiger partial charge in [0.05, 0.1) is 25.4 Å². The number of hydrogen-bond acceptors (Lipinski definition) is 9. The van der Waals surface area contributed by atoms with Gasteiger partial charge in [-0.15, -0.1) is 0 Å². The second-order valence-corrected chi connectivity index (χ2v) is 11.0. The van der Waals surface area contributed by atoms with Crippen LogP contribution in [0.3, 0.4) is 0 Å². The predicted octanol–water partition coefficient (Wildman–Crippen LogP) is 3.31. The summed E-state index contributed by atoms with van der Waals surface area (Å²) in [5.74, 6) is 12.9. The van der Waals surface area contributed by atoms with Crippen molar-refractivity contribution >= 4 is 17.7 Å². The number of rotatable bonds is 6. The van der Waals surface area contributed by atoms with Gasteiger partial charge in [-0.3, -0.25) is 14.7 Å². The van der Waals surface area contributed by atoms with Crippen molar-refractivity contribution in [2.24, 2.45) is 5.92 Å². The lowest BCUT2D eigenvalue weighted by molar-refractivity contribution is 0.0945. The van der Waals surface area contributed by atoms with Crippen LogP contribution in [-0.2, 0) is 0 Å². The maximum Gasteiger partial charge on any atom is 0.280 e. The van der Waals surface area contributed by atoms with Crippen LogP contribution < -0.4 is 20.9 Å². The van der Waals surface area contributed by atoms with E-state index in [0.717, 1.165) is 39.0 Å². The summed E-state index contributed by atoms with van der Waals surface area (Å²) in [6.07, 6.45) is 2.14. The van der Waals surface area contributed by atoms with E-state index in [4.69, 9.17) is 4.74 Å². The van der Waals surface area contributed by atoms with E-state index in [1.807, 2.05) is 13.8 Å². The second-order valence-electron chi connectivity index (χ2n) is 9.83. The number of hydrazine groups is 1. The molecule has 2 unspecified atom stereocenters. The standard InChI is InChI=1S/C28H31F2N7O2S.C2H6/c1-36-10-12-37(13-11-36)9-3-4-19-14-20(21-15-23(26(29)30)32-17-24(21)39-2)22(16-31-19)27(38)33-28-35-34-25(40-28)8-7-18-5-6-18;1-2/h14-18,25-26,28,34-35H,5-6,9-13H2,1-2H3,(H,33,38);1-2H3. The smallest absolute Gasteiger partial charge is 0.280 e. The van der Waals surface area contributed by atoms with Gasteiger partial charge in [-0.25, -0.2) is 24.6 Å². The van der Waals surface area contributed by atoms with Crippen LogP contribution in [0.5, 0.6) is 5.75 Å². The van der Waals surface area contributed by atoms with E-state index < -0.39 is 23.5 Å². The van der Waals surface area contributed by atoms with E-state index in [0.29, 0.717) is 29.3 Å². The number of halogens is 2. The van der Waals surface area contributed by atoms with Gasteiger partial charge in [-0.1, -0.05) is 43.4 Å². The molecule has 224 valence electrons. The molecule has 0 bridgehead atoms. The first-order valence-corrected chi connectivity index (χ1v) is 15.0. The lowest BCUT2D eigenvalue weighted by atomic mass is 9.99. The summed E-state index contributed by atoms with van der Waals surface area (Å²) >= 11 is 1.43. The van der Waals surface area contributed by atoms with Gasteiger partial charge < -0.3 is 15.0 Å². The predicted molar refractivity (Wildman–Crippen MR) is 161 cm³/mol. The quantitative estimate of drug-likeness (QED) is 0.434. The normalized spacial score (nSPS) is 20.5. The van der Waals surface area contributed by atoms with Gasteiger partial charge in [-0.05, 0) is 37.9 Å². The number of ether oxygens (including phenoxy) is 1. The first-order chi connectivity index (χ1) is 20.4. The number of thioether (sulfide) groups is 1. The summed E-state index contributed by atoms with van der Waals surface area (Å²) in [7, 11) is 3.52. The number of aromatic nitrogens is 2. The Morgan fingerprint density at radius 1 is 1.12 bits per heavy atom. The van der Waals surface area contributed by atoms with Crippen LogP contribution in [0.15, 0.2) is 24.5 Å².